The van der Waals surface area contributed by atoms with Crippen LogP contribution in [0.1, 0.15) is 18.7 Å². The molecule has 1 atom stereocenters. The molecule has 0 amide bonds. The standard InChI is InChI=1S/C14H16FNOS/c1-2-16-13(14-7-4-8-17-14)10-18-12-6-3-5-11(15)9-12/h3-9,13,16H,2,10H2,1H3. The maximum atomic E-state index is 13.1. The van der Waals surface area contributed by atoms with Gasteiger partial charge in [0.15, 0.2) is 0 Å². The lowest BCUT2D eigenvalue weighted by Gasteiger charge is -2.14. The molecular weight excluding hydrogens is 249 g/mol. The predicted octanol–water partition coefficient (Wildman–Crippen LogP) is 3.86. The minimum atomic E-state index is -0.196. The van der Waals surface area contributed by atoms with Crippen LogP contribution >= 0.6 is 11.8 Å². The number of furan rings is 1. The highest BCUT2D eigenvalue weighted by Gasteiger charge is 2.13. The summed E-state index contributed by atoms with van der Waals surface area (Å²) in [4.78, 5) is 0.935. The Labute approximate surface area is 111 Å². The number of benzene rings is 1. The van der Waals surface area contributed by atoms with Crippen LogP contribution in [0.25, 0.3) is 0 Å². The highest BCUT2D eigenvalue weighted by Crippen LogP contribution is 2.25. The van der Waals surface area contributed by atoms with Crippen LogP contribution in [0.3, 0.4) is 0 Å². The van der Waals surface area contributed by atoms with Crippen LogP contribution in [0.15, 0.2) is 52.0 Å². The third-order valence-electron chi connectivity index (χ3n) is 2.55. The second-order valence-corrected chi connectivity index (χ2v) is 4.99. The molecule has 18 heavy (non-hydrogen) atoms. The summed E-state index contributed by atoms with van der Waals surface area (Å²) >= 11 is 1.62. The summed E-state index contributed by atoms with van der Waals surface area (Å²) in [6.07, 6.45) is 1.67. The minimum Gasteiger partial charge on any atom is -0.468 e. The van der Waals surface area contributed by atoms with E-state index in [0.29, 0.717) is 0 Å². The Morgan fingerprint density at radius 2 is 2.22 bits per heavy atom. The quantitative estimate of drug-likeness (QED) is 0.803. The van der Waals surface area contributed by atoms with Crippen LogP contribution in [-0.4, -0.2) is 12.3 Å². The molecule has 96 valence electrons. The SMILES string of the molecule is CCNC(CSc1cccc(F)c1)c1ccco1. The summed E-state index contributed by atoms with van der Waals surface area (Å²) in [5.41, 5.74) is 0. The molecule has 0 bridgehead atoms. The second kappa shape index (κ2) is 6.61. The van der Waals surface area contributed by atoms with Crippen molar-refractivity contribution in [3.05, 3.63) is 54.2 Å². The first-order chi connectivity index (χ1) is 8.79. The monoisotopic (exact) mass is 265 g/mol. The van der Waals surface area contributed by atoms with Crippen molar-refractivity contribution < 1.29 is 8.81 Å². The molecule has 0 radical (unpaired) electrons. The lowest BCUT2D eigenvalue weighted by Crippen LogP contribution is -2.22. The molecule has 0 aliphatic heterocycles. The molecule has 1 heterocycles. The van der Waals surface area contributed by atoms with Crippen molar-refractivity contribution in [2.24, 2.45) is 0 Å². The van der Waals surface area contributed by atoms with Crippen molar-refractivity contribution in [1.29, 1.82) is 0 Å². The van der Waals surface area contributed by atoms with Gasteiger partial charge in [-0.3, -0.25) is 0 Å². The van der Waals surface area contributed by atoms with Gasteiger partial charge in [-0.15, -0.1) is 11.8 Å². The van der Waals surface area contributed by atoms with E-state index in [0.717, 1.165) is 23.0 Å². The Morgan fingerprint density at radius 3 is 2.89 bits per heavy atom. The zero-order chi connectivity index (χ0) is 12.8. The van der Waals surface area contributed by atoms with Gasteiger partial charge in [0.25, 0.3) is 0 Å². The molecule has 0 spiro atoms. The van der Waals surface area contributed by atoms with Crippen molar-refractivity contribution in [3.8, 4) is 0 Å². The molecule has 0 saturated carbocycles. The van der Waals surface area contributed by atoms with Crippen molar-refractivity contribution in [2.75, 3.05) is 12.3 Å². The first-order valence-corrected chi connectivity index (χ1v) is 6.93. The van der Waals surface area contributed by atoms with Gasteiger partial charge in [-0.1, -0.05) is 13.0 Å². The van der Waals surface area contributed by atoms with E-state index in [-0.39, 0.29) is 11.9 Å². The van der Waals surface area contributed by atoms with Gasteiger partial charge in [0, 0.05) is 10.6 Å². The lowest BCUT2D eigenvalue weighted by molar-refractivity contribution is 0.441. The molecule has 0 saturated heterocycles. The van der Waals surface area contributed by atoms with E-state index < -0.39 is 0 Å². The predicted molar refractivity (Wildman–Crippen MR) is 72.2 cm³/mol. The number of hydrogen-bond acceptors (Lipinski definition) is 3. The van der Waals surface area contributed by atoms with Crippen LogP contribution in [0.4, 0.5) is 4.39 Å². The summed E-state index contributed by atoms with van der Waals surface area (Å²) < 4.78 is 18.5. The number of rotatable bonds is 6. The zero-order valence-electron chi connectivity index (χ0n) is 10.2. The molecule has 1 aromatic carbocycles. The van der Waals surface area contributed by atoms with Gasteiger partial charge in [0.2, 0.25) is 0 Å². The van der Waals surface area contributed by atoms with Crippen LogP contribution in [0.5, 0.6) is 0 Å². The van der Waals surface area contributed by atoms with E-state index in [4.69, 9.17) is 4.42 Å². The van der Waals surface area contributed by atoms with E-state index in [2.05, 4.69) is 12.2 Å². The molecule has 2 aromatic rings. The van der Waals surface area contributed by atoms with Crippen molar-refractivity contribution in [2.45, 2.75) is 17.9 Å². The average molecular weight is 265 g/mol. The van der Waals surface area contributed by atoms with Gasteiger partial charge in [-0.05, 0) is 36.9 Å². The summed E-state index contributed by atoms with van der Waals surface area (Å²) in [6.45, 7) is 2.93. The van der Waals surface area contributed by atoms with E-state index in [1.54, 1.807) is 30.2 Å². The van der Waals surface area contributed by atoms with Crippen LogP contribution < -0.4 is 5.32 Å². The lowest BCUT2D eigenvalue weighted by atomic mass is 10.2. The number of nitrogens with one attached hydrogen (secondary N) is 1. The Morgan fingerprint density at radius 1 is 1.33 bits per heavy atom. The number of halogens is 1. The van der Waals surface area contributed by atoms with Crippen molar-refractivity contribution in [1.82, 2.24) is 5.32 Å². The largest absolute Gasteiger partial charge is 0.468 e. The first-order valence-electron chi connectivity index (χ1n) is 5.94. The van der Waals surface area contributed by atoms with Crippen LogP contribution in [0, 0.1) is 5.82 Å². The molecule has 0 aliphatic carbocycles. The third kappa shape index (κ3) is 3.62. The van der Waals surface area contributed by atoms with Gasteiger partial charge in [-0.25, -0.2) is 4.39 Å². The fraction of sp³-hybridized carbons (Fsp3) is 0.286. The molecule has 0 aliphatic rings. The smallest absolute Gasteiger partial charge is 0.124 e. The second-order valence-electron chi connectivity index (χ2n) is 3.89. The van der Waals surface area contributed by atoms with Gasteiger partial charge < -0.3 is 9.73 Å². The molecular formula is C14H16FNOS. The maximum Gasteiger partial charge on any atom is 0.124 e. The van der Waals surface area contributed by atoms with E-state index in [1.165, 1.54) is 6.07 Å². The Bertz CT molecular complexity index is 472. The zero-order valence-corrected chi connectivity index (χ0v) is 11.0. The minimum absolute atomic E-state index is 0.151. The molecule has 2 nitrogen and oxygen atoms in total. The van der Waals surface area contributed by atoms with Gasteiger partial charge in [0.05, 0.1) is 12.3 Å². The van der Waals surface area contributed by atoms with Gasteiger partial charge >= 0.3 is 0 Å². The number of hydrogen-bond donors (Lipinski definition) is 1. The van der Waals surface area contributed by atoms with Crippen molar-refractivity contribution in [3.63, 3.8) is 0 Å². The highest BCUT2D eigenvalue weighted by molar-refractivity contribution is 7.99. The summed E-state index contributed by atoms with van der Waals surface area (Å²) in [7, 11) is 0. The molecule has 2 rings (SSSR count). The molecule has 1 unspecified atom stereocenters. The Kier molecular flexibility index (Phi) is 4.84. The highest BCUT2D eigenvalue weighted by atomic mass is 32.2. The molecule has 1 aromatic heterocycles. The summed E-state index contributed by atoms with van der Waals surface area (Å²) in [5, 5.41) is 3.36. The van der Waals surface area contributed by atoms with Gasteiger partial charge in [-0.2, -0.15) is 0 Å². The summed E-state index contributed by atoms with van der Waals surface area (Å²) in [6, 6.07) is 10.6. The maximum absolute atomic E-state index is 13.1. The first kappa shape index (κ1) is 13.2. The van der Waals surface area contributed by atoms with E-state index >= 15 is 0 Å². The molecule has 1 N–H and O–H groups in total. The van der Waals surface area contributed by atoms with E-state index in [9.17, 15) is 4.39 Å². The van der Waals surface area contributed by atoms with Crippen LogP contribution in [0.2, 0.25) is 0 Å². The normalized spacial score (nSPS) is 12.6. The molecule has 0 fully saturated rings. The summed E-state index contributed by atoms with van der Waals surface area (Å²) in [5.74, 6) is 1.53. The fourth-order valence-corrected chi connectivity index (χ4v) is 2.73. The van der Waals surface area contributed by atoms with E-state index in [1.807, 2.05) is 18.2 Å². The average Bonchev–Trinajstić information content (AvgIpc) is 2.88. The Balaban J connectivity index is 1.98. The Hall–Kier alpha value is -1.26. The fourth-order valence-electron chi connectivity index (χ4n) is 1.71. The van der Waals surface area contributed by atoms with Gasteiger partial charge in [0.1, 0.15) is 11.6 Å². The topological polar surface area (TPSA) is 25.2 Å². The number of thioether (sulfide) groups is 1. The molecule has 4 heteroatoms. The van der Waals surface area contributed by atoms with Crippen LogP contribution in [-0.2, 0) is 0 Å². The van der Waals surface area contributed by atoms with Crippen molar-refractivity contribution >= 4 is 11.8 Å². The third-order valence-corrected chi connectivity index (χ3v) is 3.64.